The number of nitrogens with zero attached hydrogens (tertiary/aromatic N) is 4. The summed E-state index contributed by atoms with van der Waals surface area (Å²) in [6.45, 7) is 1.78. The summed E-state index contributed by atoms with van der Waals surface area (Å²) in [6, 6.07) is 0. The number of aromatic nitrogens is 4. The monoisotopic (exact) mass is 209 g/mol. The van der Waals surface area contributed by atoms with Gasteiger partial charge in [0.25, 0.3) is 0 Å². The molecule has 5 nitrogen and oxygen atoms in total. The van der Waals surface area contributed by atoms with Crippen molar-refractivity contribution >= 4 is 17.4 Å². The predicted molar refractivity (Wildman–Crippen MR) is 53.3 cm³/mol. The summed E-state index contributed by atoms with van der Waals surface area (Å²) in [5.41, 5.74) is 6.41. The molecule has 0 aromatic carbocycles. The summed E-state index contributed by atoms with van der Waals surface area (Å²) in [5, 5.41) is 4.59. The van der Waals surface area contributed by atoms with Crippen LogP contribution in [0.15, 0.2) is 18.6 Å². The number of nitrogen functional groups attached to an aromatic ring is 1. The normalized spacial score (nSPS) is 10.4. The quantitative estimate of drug-likeness (QED) is 0.767. The lowest BCUT2D eigenvalue weighted by atomic mass is 10.5. The minimum Gasteiger partial charge on any atom is -0.382 e. The summed E-state index contributed by atoms with van der Waals surface area (Å²) in [6.07, 6.45) is 4.72. The molecule has 6 heteroatoms. The van der Waals surface area contributed by atoms with E-state index in [0.29, 0.717) is 22.4 Å². The van der Waals surface area contributed by atoms with Crippen LogP contribution in [0, 0.1) is 6.92 Å². The van der Waals surface area contributed by atoms with E-state index < -0.39 is 0 Å². The van der Waals surface area contributed by atoms with Gasteiger partial charge in [-0.2, -0.15) is 9.78 Å². The second-order valence-electron chi connectivity index (χ2n) is 2.76. The Morgan fingerprint density at radius 3 is 2.71 bits per heavy atom. The average Bonchev–Trinajstić information content (AvgIpc) is 2.47. The van der Waals surface area contributed by atoms with Gasteiger partial charge in [-0.05, 0) is 6.92 Å². The molecule has 0 aliphatic heterocycles. The summed E-state index contributed by atoms with van der Waals surface area (Å²) >= 11 is 5.89. The fraction of sp³-hybridized carbons (Fsp3) is 0.125. The number of halogens is 1. The minimum atomic E-state index is 0.379. The first kappa shape index (κ1) is 8.96. The van der Waals surface area contributed by atoms with E-state index in [2.05, 4.69) is 15.1 Å². The molecule has 2 N–H and O–H groups in total. The second kappa shape index (κ2) is 3.26. The number of nitrogens with two attached hydrogens (primary N) is 1. The molecule has 0 atom stereocenters. The number of hydrogen-bond acceptors (Lipinski definition) is 4. The van der Waals surface area contributed by atoms with Gasteiger partial charge >= 0.3 is 0 Å². The van der Waals surface area contributed by atoms with E-state index in [1.807, 2.05) is 0 Å². The van der Waals surface area contributed by atoms with Crippen molar-refractivity contribution in [1.29, 1.82) is 0 Å². The Kier molecular flexibility index (Phi) is 2.09. The van der Waals surface area contributed by atoms with Crippen molar-refractivity contribution in [2.75, 3.05) is 5.73 Å². The molecule has 2 aromatic rings. The van der Waals surface area contributed by atoms with Crippen molar-refractivity contribution in [1.82, 2.24) is 19.7 Å². The van der Waals surface area contributed by atoms with Gasteiger partial charge in [0, 0.05) is 12.4 Å². The van der Waals surface area contributed by atoms with Crippen molar-refractivity contribution < 1.29 is 0 Å². The van der Waals surface area contributed by atoms with Crippen LogP contribution >= 0.6 is 11.6 Å². The molecule has 0 radical (unpaired) electrons. The lowest BCUT2D eigenvalue weighted by molar-refractivity contribution is 0.833. The van der Waals surface area contributed by atoms with Crippen LogP contribution in [0.5, 0.6) is 0 Å². The van der Waals surface area contributed by atoms with Gasteiger partial charge in [-0.15, -0.1) is 0 Å². The Morgan fingerprint density at radius 1 is 1.43 bits per heavy atom. The highest BCUT2D eigenvalue weighted by atomic mass is 35.5. The molecule has 0 amide bonds. The Bertz CT molecular complexity index is 450. The highest BCUT2D eigenvalue weighted by Crippen LogP contribution is 2.23. The van der Waals surface area contributed by atoms with Crippen molar-refractivity contribution in [3.63, 3.8) is 0 Å². The average molecular weight is 210 g/mol. The van der Waals surface area contributed by atoms with Gasteiger partial charge in [-0.1, -0.05) is 11.6 Å². The van der Waals surface area contributed by atoms with E-state index in [9.17, 15) is 0 Å². The van der Waals surface area contributed by atoms with Crippen LogP contribution < -0.4 is 5.73 Å². The minimum absolute atomic E-state index is 0.379. The fourth-order valence-electron chi connectivity index (χ4n) is 1.10. The first-order valence-corrected chi connectivity index (χ1v) is 4.35. The molecule has 0 saturated heterocycles. The predicted octanol–water partition coefficient (Wildman–Crippen LogP) is 1.21. The largest absolute Gasteiger partial charge is 0.382 e. The van der Waals surface area contributed by atoms with Gasteiger partial charge < -0.3 is 5.73 Å². The molecule has 14 heavy (non-hydrogen) atoms. The van der Waals surface area contributed by atoms with Gasteiger partial charge in [0.2, 0.25) is 0 Å². The maximum Gasteiger partial charge on any atom is 0.174 e. The van der Waals surface area contributed by atoms with E-state index in [4.69, 9.17) is 17.3 Å². The van der Waals surface area contributed by atoms with E-state index in [1.165, 1.54) is 4.68 Å². The van der Waals surface area contributed by atoms with Gasteiger partial charge in [-0.3, -0.25) is 4.98 Å². The molecule has 0 bridgehead atoms. The molecule has 2 rings (SSSR count). The summed E-state index contributed by atoms with van der Waals surface area (Å²) < 4.78 is 1.46. The molecule has 72 valence electrons. The number of hydrogen-bond donors (Lipinski definition) is 1. The van der Waals surface area contributed by atoms with Crippen molar-refractivity contribution in [3.05, 3.63) is 29.3 Å². The number of rotatable bonds is 1. The third-order valence-corrected chi connectivity index (χ3v) is 2.25. The van der Waals surface area contributed by atoms with Gasteiger partial charge in [0.15, 0.2) is 5.82 Å². The van der Waals surface area contributed by atoms with Crippen LogP contribution in [0.4, 0.5) is 5.82 Å². The zero-order valence-corrected chi connectivity index (χ0v) is 8.23. The molecule has 0 saturated carbocycles. The topological polar surface area (TPSA) is 69.6 Å². The van der Waals surface area contributed by atoms with Crippen LogP contribution in [0.25, 0.3) is 5.82 Å². The maximum absolute atomic E-state index is 5.89. The lowest BCUT2D eigenvalue weighted by Crippen LogP contribution is -2.04. The zero-order chi connectivity index (χ0) is 10.1. The Balaban J connectivity index is 2.58. The Morgan fingerprint density at radius 2 is 2.21 bits per heavy atom. The number of anilines is 1. The van der Waals surface area contributed by atoms with Crippen LogP contribution in [0.3, 0.4) is 0 Å². The van der Waals surface area contributed by atoms with Crippen molar-refractivity contribution in [2.45, 2.75) is 6.92 Å². The fourth-order valence-corrected chi connectivity index (χ4v) is 1.22. The molecule has 0 aliphatic rings. The molecule has 2 heterocycles. The van der Waals surface area contributed by atoms with Crippen molar-refractivity contribution in [3.8, 4) is 5.82 Å². The first-order chi connectivity index (χ1) is 6.70. The molecular weight excluding hydrogens is 202 g/mol. The molecule has 2 aromatic heterocycles. The first-order valence-electron chi connectivity index (χ1n) is 3.97. The van der Waals surface area contributed by atoms with Gasteiger partial charge in [0.05, 0.1) is 11.9 Å². The number of aryl methyl sites for hydroxylation is 1. The van der Waals surface area contributed by atoms with Crippen molar-refractivity contribution in [2.24, 2.45) is 0 Å². The van der Waals surface area contributed by atoms with Crippen LogP contribution in [0.1, 0.15) is 5.69 Å². The van der Waals surface area contributed by atoms with Crippen LogP contribution in [-0.2, 0) is 0 Å². The second-order valence-corrected chi connectivity index (χ2v) is 3.14. The lowest BCUT2D eigenvalue weighted by Gasteiger charge is -2.00. The molecular formula is C8H8ClN5. The van der Waals surface area contributed by atoms with E-state index >= 15 is 0 Å². The highest BCUT2D eigenvalue weighted by Gasteiger charge is 2.11. The zero-order valence-electron chi connectivity index (χ0n) is 7.48. The summed E-state index contributed by atoms with van der Waals surface area (Å²) in [7, 11) is 0. The third kappa shape index (κ3) is 1.31. The molecule has 0 spiro atoms. The van der Waals surface area contributed by atoms with Crippen LogP contribution in [0.2, 0.25) is 5.02 Å². The van der Waals surface area contributed by atoms with E-state index in [-0.39, 0.29) is 0 Å². The highest BCUT2D eigenvalue weighted by molar-refractivity contribution is 6.33. The molecule has 0 aliphatic carbocycles. The van der Waals surface area contributed by atoms with Gasteiger partial charge in [0.1, 0.15) is 10.8 Å². The SMILES string of the molecule is Cc1nn(-c2cnccn2)c(N)c1Cl. The molecule has 0 unspecified atom stereocenters. The summed E-state index contributed by atoms with van der Waals surface area (Å²) in [4.78, 5) is 7.98. The smallest absolute Gasteiger partial charge is 0.174 e. The summed E-state index contributed by atoms with van der Waals surface area (Å²) in [5.74, 6) is 0.935. The van der Waals surface area contributed by atoms with Gasteiger partial charge in [-0.25, -0.2) is 4.98 Å². The van der Waals surface area contributed by atoms with Crippen LogP contribution in [-0.4, -0.2) is 19.7 Å². The molecule has 0 fully saturated rings. The Hall–Kier alpha value is -1.62. The van der Waals surface area contributed by atoms with E-state index in [1.54, 1.807) is 25.5 Å². The maximum atomic E-state index is 5.89. The van der Waals surface area contributed by atoms with E-state index in [0.717, 1.165) is 0 Å². The standard InChI is InChI=1S/C8H8ClN5/c1-5-7(9)8(10)14(13-5)6-4-11-2-3-12-6/h2-4H,10H2,1H3. The Labute approximate surface area is 85.5 Å². The third-order valence-electron chi connectivity index (χ3n) is 1.79.